The van der Waals surface area contributed by atoms with Crippen molar-refractivity contribution in [2.45, 2.75) is 38.1 Å². The first-order chi connectivity index (χ1) is 13.6. The number of likely N-dealkylation sites (N-methyl/N-ethyl adjacent to an activating group) is 1. The summed E-state index contributed by atoms with van der Waals surface area (Å²) in [5, 5.41) is 5.99. The Hall–Kier alpha value is -2.12. The van der Waals surface area contributed by atoms with Gasteiger partial charge in [0.25, 0.3) is 0 Å². The van der Waals surface area contributed by atoms with Gasteiger partial charge in [-0.3, -0.25) is 14.5 Å². The molecular weight excluding hydrogens is 356 g/mol. The average molecular weight is 389 g/mol. The Labute approximate surface area is 167 Å². The molecule has 1 aromatic rings. The highest BCUT2D eigenvalue weighted by Crippen LogP contribution is 2.19. The third-order valence-corrected chi connectivity index (χ3v) is 5.32. The molecule has 1 saturated carbocycles. The van der Waals surface area contributed by atoms with Gasteiger partial charge < -0.3 is 20.3 Å². The minimum atomic E-state index is -0.118. The molecule has 2 aliphatic rings. The first-order valence-corrected chi connectivity index (χ1v) is 10.3. The molecule has 2 N–H and O–H groups in total. The van der Waals surface area contributed by atoms with Gasteiger partial charge in [-0.05, 0) is 44.2 Å². The maximum absolute atomic E-state index is 12.3. The summed E-state index contributed by atoms with van der Waals surface area (Å²) in [7, 11) is 1.79. The van der Waals surface area contributed by atoms with E-state index in [1.54, 1.807) is 11.9 Å². The van der Waals surface area contributed by atoms with E-state index in [1.807, 2.05) is 24.3 Å². The Morgan fingerprint density at radius 3 is 2.36 bits per heavy atom. The monoisotopic (exact) mass is 388 g/mol. The average Bonchev–Trinajstić information content (AvgIpc) is 2.69. The maximum atomic E-state index is 12.3. The Balaban J connectivity index is 1.39. The van der Waals surface area contributed by atoms with Crippen molar-refractivity contribution >= 4 is 23.2 Å². The van der Waals surface area contributed by atoms with Crippen LogP contribution in [0.25, 0.3) is 0 Å². The molecule has 1 aromatic carbocycles. The van der Waals surface area contributed by atoms with Gasteiger partial charge in [-0.15, -0.1) is 0 Å². The van der Waals surface area contributed by atoms with E-state index in [0.717, 1.165) is 50.5 Å². The van der Waals surface area contributed by atoms with Gasteiger partial charge in [-0.1, -0.05) is 19.3 Å². The van der Waals surface area contributed by atoms with Crippen LogP contribution in [0.15, 0.2) is 24.3 Å². The second kappa shape index (κ2) is 10.4. The molecule has 0 spiro atoms. The summed E-state index contributed by atoms with van der Waals surface area (Å²) in [6.45, 7) is 3.69. The molecule has 1 aliphatic heterocycles. The second-order valence-corrected chi connectivity index (χ2v) is 7.77. The van der Waals surface area contributed by atoms with Crippen LogP contribution in [0.3, 0.4) is 0 Å². The third-order valence-electron chi connectivity index (χ3n) is 5.32. The number of ether oxygens (including phenoxy) is 1. The van der Waals surface area contributed by atoms with Crippen molar-refractivity contribution in [1.82, 2.24) is 10.2 Å². The predicted molar refractivity (Wildman–Crippen MR) is 111 cm³/mol. The maximum Gasteiger partial charge on any atom is 0.238 e. The molecule has 154 valence electrons. The summed E-state index contributed by atoms with van der Waals surface area (Å²) in [6.07, 6.45) is 5.77. The van der Waals surface area contributed by atoms with Gasteiger partial charge in [0.2, 0.25) is 11.8 Å². The summed E-state index contributed by atoms with van der Waals surface area (Å²) in [6, 6.07) is 8.16. The van der Waals surface area contributed by atoms with Crippen LogP contribution in [0, 0.1) is 0 Å². The molecule has 3 rings (SSSR count). The van der Waals surface area contributed by atoms with Crippen molar-refractivity contribution in [3.8, 4) is 0 Å². The highest BCUT2D eigenvalue weighted by Gasteiger charge is 2.17. The highest BCUT2D eigenvalue weighted by atomic mass is 16.5. The van der Waals surface area contributed by atoms with E-state index in [2.05, 4.69) is 15.5 Å². The molecule has 1 saturated heterocycles. The molecular formula is C21H32N4O3. The number of rotatable bonds is 7. The fraction of sp³-hybridized carbons (Fsp3) is 0.619. The molecule has 7 heteroatoms. The van der Waals surface area contributed by atoms with Crippen molar-refractivity contribution in [3.63, 3.8) is 0 Å². The second-order valence-electron chi connectivity index (χ2n) is 7.77. The first kappa shape index (κ1) is 20.6. The van der Waals surface area contributed by atoms with E-state index in [0.29, 0.717) is 6.04 Å². The van der Waals surface area contributed by atoms with Crippen molar-refractivity contribution in [2.75, 3.05) is 56.7 Å². The number of amides is 2. The fourth-order valence-electron chi connectivity index (χ4n) is 3.84. The van der Waals surface area contributed by atoms with Crippen LogP contribution in [0.4, 0.5) is 11.4 Å². The molecule has 28 heavy (non-hydrogen) atoms. The molecule has 7 nitrogen and oxygen atoms in total. The topological polar surface area (TPSA) is 73.9 Å². The van der Waals surface area contributed by atoms with Gasteiger partial charge >= 0.3 is 0 Å². The number of hydrogen-bond donors (Lipinski definition) is 2. The third kappa shape index (κ3) is 6.49. The zero-order valence-electron chi connectivity index (χ0n) is 16.8. The summed E-state index contributed by atoms with van der Waals surface area (Å²) in [5.74, 6) is -0.121. The summed E-state index contributed by atoms with van der Waals surface area (Å²) < 4.78 is 5.37. The van der Waals surface area contributed by atoms with E-state index in [4.69, 9.17) is 4.74 Å². The van der Waals surface area contributed by atoms with Gasteiger partial charge in [0, 0.05) is 30.5 Å². The van der Waals surface area contributed by atoms with Crippen LogP contribution in [-0.4, -0.2) is 69.2 Å². The number of anilines is 2. The van der Waals surface area contributed by atoms with Gasteiger partial charge in [0.05, 0.1) is 26.3 Å². The highest BCUT2D eigenvalue weighted by molar-refractivity contribution is 5.92. The summed E-state index contributed by atoms with van der Waals surface area (Å²) in [4.78, 5) is 28.4. The van der Waals surface area contributed by atoms with Crippen LogP contribution in [0.5, 0.6) is 0 Å². The number of benzene rings is 1. The fourth-order valence-corrected chi connectivity index (χ4v) is 3.84. The number of carbonyl (C=O) groups excluding carboxylic acids is 2. The molecule has 2 fully saturated rings. The zero-order chi connectivity index (χ0) is 19.8. The predicted octanol–water partition coefficient (Wildman–Crippen LogP) is 1.84. The quantitative estimate of drug-likeness (QED) is 0.746. The lowest BCUT2D eigenvalue weighted by Crippen LogP contribution is -2.43. The Morgan fingerprint density at radius 2 is 1.68 bits per heavy atom. The van der Waals surface area contributed by atoms with Gasteiger partial charge in [0.1, 0.15) is 0 Å². The van der Waals surface area contributed by atoms with E-state index < -0.39 is 0 Å². The Morgan fingerprint density at radius 1 is 1.04 bits per heavy atom. The first-order valence-electron chi connectivity index (χ1n) is 10.3. The van der Waals surface area contributed by atoms with Crippen LogP contribution in [-0.2, 0) is 14.3 Å². The van der Waals surface area contributed by atoms with Crippen molar-refractivity contribution < 1.29 is 14.3 Å². The summed E-state index contributed by atoms with van der Waals surface area (Å²) in [5.41, 5.74) is 1.90. The lowest BCUT2D eigenvalue weighted by atomic mass is 9.95. The van der Waals surface area contributed by atoms with E-state index in [9.17, 15) is 9.59 Å². The van der Waals surface area contributed by atoms with E-state index in [-0.39, 0.29) is 24.9 Å². The Kier molecular flexibility index (Phi) is 7.68. The van der Waals surface area contributed by atoms with Crippen LogP contribution in [0.1, 0.15) is 32.1 Å². The molecule has 0 aromatic heterocycles. The van der Waals surface area contributed by atoms with E-state index in [1.165, 1.54) is 19.3 Å². The van der Waals surface area contributed by atoms with Crippen molar-refractivity contribution in [3.05, 3.63) is 24.3 Å². The molecule has 1 aliphatic carbocycles. The normalized spacial score (nSPS) is 18.1. The Bertz CT molecular complexity index is 638. The van der Waals surface area contributed by atoms with Crippen LogP contribution >= 0.6 is 0 Å². The SMILES string of the molecule is CN(CC(=O)Nc1ccc(N2CCOCC2)cc1)CC(=O)NC1CCCCC1. The molecule has 2 amide bonds. The number of hydrogen-bond acceptors (Lipinski definition) is 5. The minimum Gasteiger partial charge on any atom is -0.378 e. The minimum absolute atomic E-state index is 0.00272. The molecule has 0 unspecified atom stereocenters. The standard InChI is InChI=1S/C21H32N4O3/c1-24(15-20(26)22-17-5-3-2-4-6-17)16-21(27)23-18-7-9-19(10-8-18)25-11-13-28-14-12-25/h7-10,17H,2-6,11-16H2,1H3,(H,22,26)(H,23,27). The largest absolute Gasteiger partial charge is 0.378 e. The number of nitrogens with zero attached hydrogens (tertiary/aromatic N) is 2. The van der Waals surface area contributed by atoms with Crippen LogP contribution in [0.2, 0.25) is 0 Å². The van der Waals surface area contributed by atoms with Crippen LogP contribution < -0.4 is 15.5 Å². The molecule has 1 heterocycles. The van der Waals surface area contributed by atoms with Crippen molar-refractivity contribution in [2.24, 2.45) is 0 Å². The molecule has 0 atom stereocenters. The molecule has 0 radical (unpaired) electrons. The van der Waals surface area contributed by atoms with Gasteiger partial charge in [0.15, 0.2) is 0 Å². The number of carbonyl (C=O) groups is 2. The zero-order valence-corrected chi connectivity index (χ0v) is 16.8. The number of nitrogens with one attached hydrogen (secondary N) is 2. The van der Waals surface area contributed by atoms with Gasteiger partial charge in [-0.2, -0.15) is 0 Å². The van der Waals surface area contributed by atoms with E-state index >= 15 is 0 Å². The van der Waals surface area contributed by atoms with Gasteiger partial charge in [-0.25, -0.2) is 0 Å². The lowest BCUT2D eigenvalue weighted by Gasteiger charge is -2.28. The van der Waals surface area contributed by atoms with Crippen molar-refractivity contribution in [1.29, 1.82) is 0 Å². The number of morpholine rings is 1. The smallest absolute Gasteiger partial charge is 0.238 e. The molecule has 0 bridgehead atoms. The lowest BCUT2D eigenvalue weighted by molar-refractivity contribution is -0.123. The summed E-state index contributed by atoms with van der Waals surface area (Å²) >= 11 is 0.